The summed E-state index contributed by atoms with van der Waals surface area (Å²) in [6, 6.07) is 8.26. The molecule has 1 unspecified atom stereocenters. The van der Waals surface area contributed by atoms with Crippen molar-refractivity contribution in [3.05, 3.63) is 36.0 Å². The van der Waals surface area contributed by atoms with Gasteiger partial charge < -0.3 is 19.5 Å². The van der Waals surface area contributed by atoms with Crippen LogP contribution in [0.25, 0.3) is 10.9 Å². The Morgan fingerprint density at radius 3 is 2.97 bits per heavy atom. The van der Waals surface area contributed by atoms with E-state index in [-0.39, 0.29) is 17.4 Å². The Labute approximate surface area is 172 Å². The number of hydrogen-bond donors (Lipinski definition) is 1. The van der Waals surface area contributed by atoms with Crippen LogP contribution >= 0.6 is 0 Å². The predicted octanol–water partition coefficient (Wildman–Crippen LogP) is 3.12. The highest BCUT2D eigenvalue weighted by atomic mass is 16.5. The highest BCUT2D eigenvalue weighted by Gasteiger charge is 2.46. The maximum Gasteiger partial charge on any atom is 0.224 e. The molecule has 29 heavy (non-hydrogen) atoms. The highest BCUT2D eigenvalue weighted by molar-refractivity contribution is 5.83. The van der Waals surface area contributed by atoms with Crippen LogP contribution in [0.5, 0.6) is 0 Å². The van der Waals surface area contributed by atoms with Crippen molar-refractivity contribution in [2.75, 3.05) is 32.8 Å². The summed E-state index contributed by atoms with van der Waals surface area (Å²) in [7, 11) is 0. The summed E-state index contributed by atoms with van der Waals surface area (Å²) in [4.78, 5) is 33.0. The molecule has 0 bridgehead atoms. The minimum atomic E-state index is -0.337. The van der Waals surface area contributed by atoms with E-state index in [1.54, 1.807) is 0 Å². The summed E-state index contributed by atoms with van der Waals surface area (Å²) < 4.78 is 5.68. The molecule has 2 amide bonds. The van der Waals surface area contributed by atoms with Crippen molar-refractivity contribution in [2.24, 2.45) is 0 Å². The molecule has 1 N–H and O–H groups in total. The van der Waals surface area contributed by atoms with Crippen LogP contribution in [0.3, 0.4) is 0 Å². The largest absolute Gasteiger partial charge is 0.379 e. The van der Waals surface area contributed by atoms with Crippen LogP contribution < -0.4 is 0 Å². The number of carbonyl (C=O) groups excluding carboxylic acids is 2. The second-order valence-corrected chi connectivity index (χ2v) is 8.35. The van der Waals surface area contributed by atoms with Crippen molar-refractivity contribution in [1.82, 2.24) is 14.8 Å². The van der Waals surface area contributed by atoms with Crippen LogP contribution in [0.4, 0.5) is 0 Å². The number of benzene rings is 1. The van der Waals surface area contributed by atoms with Crippen molar-refractivity contribution in [3.8, 4) is 0 Å². The third-order valence-electron chi connectivity index (χ3n) is 6.35. The van der Waals surface area contributed by atoms with Gasteiger partial charge in [0.2, 0.25) is 11.8 Å². The molecule has 3 heterocycles. The van der Waals surface area contributed by atoms with Crippen molar-refractivity contribution in [2.45, 2.75) is 51.0 Å². The molecule has 0 saturated carbocycles. The number of ether oxygens (including phenoxy) is 1. The predicted molar refractivity (Wildman–Crippen MR) is 113 cm³/mol. The molecule has 1 spiro atoms. The Morgan fingerprint density at radius 2 is 2.17 bits per heavy atom. The van der Waals surface area contributed by atoms with Crippen molar-refractivity contribution < 1.29 is 14.3 Å². The first-order valence-corrected chi connectivity index (χ1v) is 10.8. The average molecular weight is 398 g/mol. The van der Waals surface area contributed by atoms with Gasteiger partial charge >= 0.3 is 0 Å². The molecule has 1 aromatic heterocycles. The summed E-state index contributed by atoms with van der Waals surface area (Å²) >= 11 is 0. The smallest absolute Gasteiger partial charge is 0.224 e. The van der Waals surface area contributed by atoms with E-state index in [4.69, 9.17) is 4.74 Å². The summed E-state index contributed by atoms with van der Waals surface area (Å²) in [6.07, 6.45) is 6.40. The van der Waals surface area contributed by atoms with Gasteiger partial charge in [0.25, 0.3) is 0 Å². The van der Waals surface area contributed by atoms with Gasteiger partial charge in [0.1, 0.15) is 0 Å². The van der Waals surface area contributed by atoms with E-state index in [0.29, 0.717) is 39.1 Å². The lowest BCUT2D eigenvalue weighted by Gasteiger charge is -2.40. The molecule has 4 rings (SSSR count). The van der Waals surface area contributed by atoms with Gasteiger partial charge in [-0.3, -0.25) is 9.59 Å². The zero-order chi connectivity index (χ0) is 20.3. The number of nitrogens with one attached hydrogen (secondary N) is 1. The average Bonchev–Trinajstić information content (AvgIpc) is 3.33. The number of H-pyrrole nitrogens is 1. The standard InChI is InChI=1S/C23H31N3O3/c1-2-12-26-22(28)10-13-25(16-23(26)11-14-29-17-23)21(27)9-5-6-18-15-24-20-8-4-3-7-19(18)20/h3-4,7-8,15,24H,2,5-6,9-14,16-17H2,1H3. The number of rotatable bonds is 6. The van der Waals surface area contributed by atoms with Gasteiger partial charge in [-0.05, 0) is 37.3 Å². The van der Waals surface area contributed by atoms with Crippen molar-refractivity contribution in [3.63, 3.8) is 0 Å². The zero-order valence-corrected chi connectivity index (χ0v) is 17.3. The Kier molecular flexibility index (Phi) is 5.90. The van der Waals surface area contributed by atoms with E-state index < -0.39 is 0 Å². The molecule has 1 atom stereocenters. The van der Waals surface area contributed by atoms with E-state index in [1.807, 2.05) is 28.1 Å². The molecular formula is C23H31N3O3. The van der Waals surface area contributed by atoms with E-state index in [2.05, 4.69) is 24.0 Å². The molecule has 2 aromatic rings. The second kappa shape index (κ2) is 8.57. The third-order valence-corrected chi connectivity index (χ3v) is 6.35. The fraction of sp³-hybridized carbons (Fsp3) is 0.565. The molecule has 2 aliphatic rings. The summed E-state index contributed by atoms with van der Waals surface area (Å²) in [5.41, 5.74) is 2.06. The highest BCUT2D eigenvalue weighted by Crippen LogP contribution is 2.31. The minimum absolute atomic E-state index is 0.155. The first-order chi connectivity index (χ1) is 14.1. The van der Waals surface area contributed by atoms with Gasteiger partial charge in [0, 0.05) is 56.2 Å². The van der Waals surface area contributed by atoms with Gasteiger partial charge in [0.05, 0.1) is 12.1 Å². The first kappa shape index (κ1) is 20.0. The van der Waals surface area contributed by atoms with Gasteiger partial charge in [0.15, 0.2) is 0 Å². The van der Waals surface area contributed by atoms with Crippen LogP contribution in [-0.4, -0.2) is 65.0 Å². The molecule has 6 nitrogen and oxygen atoms in total. The van der Waals surface area contributed by atoms with E-state index in [0.717, 1.165) is 37.7 Å². The zero-order valence-electron chi connectivity index (χ0n) is 17.3. The molecular weight excluding hydrogens is 366 g/mol. The Hall–Kier alpha value is -2.34. The number of nitrogens with zero attached hydrogens (tertiary/aromatic N) is 2. The molecule has 2 aliphatic heterocycles. The molecule has 6 heteroatoms. The number of aryl methyl sites for hydroxylation is 1. The van der Waals surface area contributed by atoms with Crippen LogP contribution in [-0.2, 0) is 20.7 Å². The molecule has 1 aromatic carbocycles. The molecule has 0 aliphatic carbocycles. The number of amides is 2. The maximum atomic E-state index is 13.0. The lowest BCUT2D eigenvalue weighted by atomic mass is 9.95. The Balaban J connectivity index is 1.39. The Morgan fingerprint density at radius 1 is 1.31 bits per heavy atom. The van der Waals surface area contributed by atoms with Gasteiger partial charge in [-0.25, -0.2) is 0 Å². The third kappa shape index (κ3) is 4.04. The number of aromatic amines is 1. The molecule has 156 valence electrons. The quantitative estimate of drug-likeness (QED) is 0.814. The second-order valence-electron chi connectivity index (χ2n) is 8.35. The van der Waals surface area contributed by atoms with Crippen molar-refractivity contribution >= 4 is 22.7 Å². The number of hydrogen-bond acceptors (Lipinski definition) is 3. The first-order valence-electron chi connectivity index (χ1n) is 10.8. The van der Waals surface area contributed by atoms with Gasteiger partial charge in [-0.1, -0.05) is 25.1 Å². The topological polar surface area (TPSA) is 65.6 Å². The van der Waals surface area contributed by atoms with E-state index in [9.17, 15) is 9.59 Å². The monoisotopic (exact) mass is 397 g/mol. The minimum Gasteiger partial charge on any atom is -0.379 e. The van der Waals surface area contributed by atoms with Gasteiger partial charge in [-0.2, -0.15) is 0 Å². The molecule has 2 fully saturated rings. The van der Waals surface area contributed by atoms with Crippen LogP contribution in [0.2, 0.25) is 0 Å². The lowest BCUT2D eigenvalue weighted by molar-refractivity contribution is -0.137. The summed E-state index contributed by atoms with van der Waals surface area (Å²) in [5, 5.41) is 1.23. The SMILES string of the molecule is CCCN1C(=O)CCN(C(=O)CCCc2c[nH]c3ccccc23)CC12CCOC2. The number of carbonyl (C=O) groups is 2. The normalized spacial score (nSPS) is 22.6. The van der Waals surface area contributed by atoms with Gasteiger partial charge in [-0.15, -0.1) is 0 Å². The molecule has 0 radical (unpaired) electrons. The van der Waals surface area contributed by atoms with Crippen LogP contribution in [0.1, 0.15) is 44.6 Å². The molecule has 2 saturated heterocycles. The Bertz CT molecular complexity index is 869. The summed E-state index contributed by atoms with van der Waals surface area (Å²) in [5.74, 6) is 0.314. The van der Waals surface area contributed by atoms with Crippen LogP contribution in [0, 0.1) is 0 Å². The van der Waals surface area contributed by atoms with Crippen LogP contribution in [0.15, 0.2) is 30.5 Å². The fourth-order valence-corrected chi connectivity index (χ4v) is 4.81. The number of para-hydroxylation sites is 1. The fourth-order valence-electron chi connectivity index (χ4n) is 4.81. The maximum absolute atomic E-state index is 13.0. The van der Waals surface area contributed by atoms with Crippen molar-refractivity contribution in [1.29, 1.82) is 0 Å². The van der Waals surface area contributed by atoms with E-state index in [1.165, 1.54) is 10.9 Å². The number of aromatic nitrogens is 1. The number of fused-ring (bicyclic) bond motifs is 1. The lowest BCUT2D eigenvalue weighted by Crippen LogP contribution is -2.57. The summed E-state index contributed by atoms with van der Waals surface area (Å²) in [6.45, 7) is 5.16. The van der Waals surface area contributed by atoms with E-state index >= 15 is 0 Å².